The third-order valence-electron chi connectivity index (χ3n) is 12.5. The van der Waals surface area contributed by atoms with Crippen molar-refractivity contribution in [3.63, 3.8) is 0 Å². The Morgan fingerprint density at radius 2 is 0.645 bits per heavy atom. The minimum atomic E-state index is -0.949. The van der Waals surface area contributed by atoms with Crippen LogP contribution in [0.3, 0.4) is 0 Å². The Labute approximate surface area is 368 Å². The summed E-state index contributed by atoms with van der Waals surface area (Å²) in [5, 5.41) is 1.92. The molecule has 2 aliphatic heterocycles. The zero-order valence-corrected chi connectivity index (χ0v) is 37.4. The van der Waals surface area contributed by atoms with Gasteiger partial charge in [-0.1, -0.05) is 100 Å². The summed E-state index contributed by atoms with van der Waals surface area (Å²) in [6, 6.07) is 41.7. The zero-order valence-electron chi connectivity index (χ0n) is 37.4. The van der Waals surface area contributed by atoms with Gasteiger partial charge in [0.05, 0.1) is 24.4 Å². The maximum atomic E-state index is 7.50. The summed E-state index contributed by atoms with van der Waals surface area (Å²) in [6.07, 6.45) is 12.9. The van der Waals surface area contributed by atoms with Gasteiger partial charge in [-0.3, -0.25) is 0 Å². The molecule has 0 bridgehead atoms. The van der Waals surface area contributed by atoms with Gasteiger partial charge in [0.1, 0.15) is 34.5 Å². The maximum Gasteiger partial charge on any atom is 0.178 e. The van der Waals surface area contributed by atoms with Gasteiger partial charge < -0.3 is 28.4 Å². The fourth-order valence-corrected chi connectivity index (χ4v) is 8.10. The molecule has 62 heavy (non-hydrogen) atoms. The van der Waals surface area contributed by atoms with Gasteiger partial charge in [0.2, 0.25) is 0 Å². The van der Waals surface area contributed by atoms with Gasteiger partial charge in [-0.25, -0.2) is 0 Å². The van der Waals surface area contributed by atoms with Gasteiger partial charge in [0.15, 0.2) is 11.2 Å². The minimum Gasteiger partial charge on any atom is -0.491 e. The molecule has 2 heterocycles. The van der Waals surface area contributed by atoms with E-state index in [0.29, 0.717) is 0 Å². The lowest BCUT2D eigenvalue weighted by atomic mass is 9.80. The first-order valence-corrected chi connectivity index (χ1v) is 22.5. The van der Waals surface area contributed by atoms with Crippen LogP contribution >= 0.6 is 0 Å². The third-order valence-corrected chi connectivity index (χ3v) is 12.5. The van der Waals surface area contributed by atoms with Crippen molar-refractivity contribution < 1.29 is 28.4 Å². The lowest BCUT2D eigenvalue weighted by molar-refractivity contribution is 0.156. The SMILES string of the molecule is CCC(C)Oc1ccc(C2(c3ccc(OC(C)CC)cc3)C=Cc3c4c(c5ccccc5c3O2)OC(c2ccc(OC(C)CC)cc2)(c2ccc(OC(C)CC)cc2)C=C4)cc1. The number of hydrogen-bond acceptors (Lipinski definition) is 6. The van der Waals surface area contributed by atoms with E-state index in [1.165, 1.54) is 0 Å². The highest BCUT2D eigenvalue weighted by Crippen LogP contribution is 2.54. The Bertz CT molecular complexity index is 2230. The summed E-state index contributed by atoms with van der Waals surface area (Å²) >= 11 is 0. The van der Waals surface area contributed by atoms with Crippen LogP contribution in [-0.2, 0) is 11.2 Å². The average molecular weight is 829 g/mol. The quantitative estimate of drug-likeness (QED) is 0.0969. The molecule has 6 aromatic rings. The molecule has 0 aliphatic carbocycles. The van der Waals surface area contributed by atoms with Gasteiger partial charge >= 0.3 is 0 Å². The predicted molar refractivity (Wildman–Crippen MR) is 252 cm³/mol. The normalized spacial score (nSPS) is 19.5. The molecular formula is C56H60O6. The Hall–Kier alpha value is -6.14. The first kappa shape index (κ1) is 42.5. The van der Waals surface area contributed by atoms with E-state index in [4.69, 9.17) is 28.4 Å². The van der Waals surface area contributed by atoms with Crippen molar-refractivity contribution in [2.45, 2.75) is 117 Å². The van der Waals surface area contributed by atoms with E-state index in [2.05, 4.69) is 152 Å². The largest absolute Gasteiger partial charge is 0.491 e. The molecule has 0 spiro atoms. The topological polar surface area (TPSA) is 55.4 Å². The van der Waals surface area contributed by atoms with E-state index in [0.717, 1.165) is 104 Å². The van der Waals surface area contributed by atoms with E-state index < -0.39 is 11.2 Å². The Kier molecular flexibility index (Phi) is 12.4. The third kappa shape index (κ3) is 8.27. The molecule has 6 heteroatoms. The summed E-state index contributed by atoms with van der Waals surface area (Å²) in [7, 11) is 0. The van der Waals surface area contributed by atoms with Crippen LogP contribution < -0.4 is 28.4 Å². The Balaban J connectivity index is 1.26. The number of fused-ring (bicyclic) bond motifs is 6. The molecule has 0 N–H and O–H groups in total. The van der Waals surface area contributed by atoms with Crippen LogP contribution in [-0.4, -0.2) is 24.4 Å². The van der Waals surface area contributed by atoms with Crippen LogP contribution in [0.2, 0.25) is 0 Å². The highest BCUT2D eigenvalue weighted by Gasteiger charge is 2.42. The molecule has 6 nitrogen and oxygen atoms in total. The number of ether oxygens (including phenoxy) is 6. The van der Waals surface area contributed by atoms with Crippen molar-refractivity contribution in [3.05, 3.63) is 167 Å². The molecule has 2 aliphatic rings. The Morgan fingerprint density at radius 3 is 0.887 bits per heavy atom. The first-order chi connectivity index (χ1) is 30.1. The van der Waals surface area contributed by atoms with Crippen LogP contribution in [0, 0.1) is 0 Å². The highest BCUT2D eigenvalue weighted by atomic mass is 16.5. The lowest BCUT2D eigenvalue weighted by Gasteiger charge is -2.40. The van der Waals surface area contributed by atoms with Crippen molar-refractivity contribution in [2.24, 2.45) is 0 Å². The van der Waals surface area contributed by atoms with Crippen molar-refractivity contribution in [1.29, 1.82) is 0 Å². The first-order valence-electron chi connectivity index (χ1n) is 22.5. The van der Waals surface area contributed by atoms with Crippen LogP contribution in [0.4, 0.5) is 0 Å². The average Bonchev–Trinajstić information content (AvgIpc) is 3.32. The standard InChI is InChI=1S/C56H60O6/c1-9-37(5)57-45-25-17-41(18-26-45)55(42-19-27-46(28-20-42)58-38(6)10-2)35-33-51-52-34-36-56(43-21-29-47(30-22-43)59-39(7)11-3,44-23-31-48(32-24-44)60-40(8)12-4)62-54(52)50-16-14-13-15-49(50)53(51)61-55/h13-40H,9-12H2,1-8H3. The molecular weight excluding hydrogens is 769 g/mol. The van der Waals surface area contributed by atoms with Crippen molar-refractivity contribution in [3.8, 4) is 34.5 Å². The fraction of sp³-hybridized carbons (Fsp3) is 0.321. The zero-order chi connectivity index (χ0) is 43.4. The fourth-order valence-electron chi connectivity index (χ4n) is 8.10. The second-order valence-corrected chi connectivity index (χ2v) is 16.8. The van der Waals surface area contributed by atoms with Crippen LogP contribution in [0.5, 0.6) is 34.5 Å². The predicted octanol–water partition coefficient (Wildman–Crippen LogP) is 14.2. The molecule has 0 fully saturated rings. The molecule has 0 aromatic heterocycles. The second-order valence-electron chi connectivity index (χ2n) is 16.8. The van der Waals surface area contributed by atoms with Crippen molar-refractivity contribution >= 4 is 22.9 Å². The smallest absolute Gasteiger partial charge is 0.178 e. The van der Waals surface area contributed by atoms with Crippen molar-refractivity contribution in [1.82, 2.24) is 0 Å². The maximum absolute atomic E-state index is 7.50. The summed E-state index contributed by atoms with van der Waals surface area (Å²) in [6.45, 7) is 16.9. The monoisotopic (exact) mass is 828 g/mol. The molecule has 4 atom stereocenters. The van der Waals surface area contributed by atoms with Gasteiger partial charge in [0, 0.05) is 44.2 Å². The summed E-state index contributed by atoms with van der Waals surface area (Å²) in [5.74, 6) is 4.90. The van der Waals surface area contributed by atoms with E-state index in [1.54, 1.807) is 0 Å². The summed E-state index contributed by atoms with van der Waals surface area (Å²) in [5.41, 5.74) is 3.97. The molecule has 320 valence electrons. The number of benzene rings is 6. The van der Waals surface area contributed by atoms with Crippen LogP contribution in [0.15, 0.2) is 133 Å². The van der Waals surface area contributed by atoms with E-state index in [-0.39, 0.29) is 24.4 Å². The molecule has 0 saturated heterocycles. The molecule has 8 rings (SSSR count). The van der Waals surface area contributed by atoms with E-state index in [1.807, 2.05) is 48.5 Å². The van der Waals surface area contributed by atoms with Gasteiger partial charge in [-0.2, -0.15) is 0 Å². The molecule has 6 aromatic carbocycles. The van der Waals surface area contributed by atoms with Crippen LogP contribution in [0.1, 0.15) is 114 Å². The van der Waals surface area contributed by atoms with E-state index in [9.17, 15) is 0 Å². The molecule has 0 saturated carbocycles. The molecule has 0 amide bonds. The molecule has 4 unspecified atom stereocenters. The number of hydrogen-bond donors (Lipinski definition) is 0. The molecule has 0 radical (unpaired) electrons. The Morgan fingerprint density at radius 1 is 0.387 bits per heavy atom. The van der Waals surface area contributed by atoms with Gasteiger partial charge in [-0.15, -0.1) is 0 Å². The van der Waals surface area contributed by atoms with E-state index >= 15 is 0 Å². The lowest BCUT2D eigenvalue weighted by Crippen LogP contribution is -2.36. The highest BCUT2D eigenvalue weighted by molar-refractivity contribution is 6.02. The van der Waals surface area contributed by atoms with Gasteiger partial charge in [-0.05, 0) is 126 Å². The second kappa shape index (κ2) is 18.1. The minimum absolute atomic E-state index is 0.114. The summed E-state index contributed by atoms with van der Waals surface area (Å²) < 4.78 is 39.8. The van der Waals surface area contributed by atoms with Crippen LogP contribution in [0.25, 0.3) is 22.9 Å². The number of rotatable bonds is 16. The van der Waals surface area contributed by atoms with Gasteiger partial charge in [0.25, 0.3) is 0 Å². The summed E-state index contributed by atoms with van der Waals surface area (Å²) in [4.78, 5) is 0. The van der Waals surface area contributed by atoms with Crippen molar-refractivity contribution in [2.75, 3.05) is 0 Å².